The number of amides is 2. The maximum Gasteiger partial charge on any atom is 0.249 e. The Balaban J connectivity index is 1.79. The second-order valence-electron chi connectivity index (χ2n) is 8.01. The molecule has 1 aliphatic heterocycles. The van der Waals surface area contributed by atoms with Crippen molar-refractivity contribution in [3.8, 4) is 16.9 Å². The molecule has 1 aliphatic rings. The molecule has 2 aromatic rings. The predicted octanol–water partition coefficient (Wildman–Crippen LogP) is 3.02. The van der Waals surface area contributed by atoms with Crippen LogP contribution in [0.1, 0.15) is 37.7 Å². The van der Waals surface area contributed by atoms with Gasteiger partial charge in [-0.3, -0.25) is 9.59 Å². The molecule has 8 nitrogen and oxygen atoms in total. The molecule has 0 saturated carbocycles. The summed E-state index contributed by atoms with van der Waals surface area (Å²) in [5.74, 6) is 0.326. The van der Waals surface area contributed by atoms with Crippen molar-refractivity contribution in [2.24, 2.45) is 16.5 Å². The number of anilines is 1. The highest BCUT2D eigenvalue weighted by molar-refractivity contribution is 5.94. The van der Waals surface area contributed by atoms with Gasteiger partial charge in [-0.2, -0.15) is 4.99 Å². The van der Waals surface area contributed by atoms with Crippen LogP contribution in [0.15, 0.2) is 47.5 Å². The van der Waals surface area contributed by atoms with E-state index in [1.165, 1.54) is 0 Å². The average molecular weight is 453 g/mol. The molecule has 1 fully saturated rings. The van der Waals surface area contributed by atoms with Gasteiger partial charge in [-0.05, 0) is 48.6 Å². The van der Waals surface area contributed by atoms with Crippen molar-refractivity contribution in [3.63, 3.8) is 0 Å². The summed E-state index contributed by atoms with van der Waals surface area (Å²) in [7, 11) is 1.66. The predicted molar refractivity (Wildman–Crippen MR) is 129 cm³/mol. The number of hydrogen-bond acceptors (Lipinski definition) is 4. The van der Waals surface area contributed by atoms with Gasteiger partial charge in [0.1, 0.15) is 5.75 Å². The summed E-state index contributed by atoms with van der Waals surface area (Å²) in [5.41, 5.74) is 14.4. The van der Waals surface area contributed by atoms with Crippen LogP contribution in [0.25, 0.3) is 11.1 Å². The molecule has 0 aliphatic carbocycles. The third-order valence-corrected chi connectivity index (χ3v) is 5.49. The van der Waals surface area contributed by atoms with Gasteiger partial charge in [0.15, 0.2) is 5.96 Å². The lowest BCUT2D eigenvalue weighted by Gasteiger charge is -2.27. The van der Waals surface area contributed by atoms with Crippen molar-refractivity contribution >= 4 is 23.5 Å². The van der Waals surface area contributed by atoms with Crippen LogP contribution in [0, 0.1) is 0 Å². The fourth-order valence-electron chi connectivity index (χ4n) is 3.82. The smallest absolute Gasteiger partial charge is 0.249 e. The summed E-state index contributed by atoms with van der Waals surface area (Å²) in [6, 6.07) is 13.9. The highest BCUT2D eigenvalue weighted by Crippen LogP contribution is 2.33. The number of aryl methyl sites for hydroxylation is 1. The third-order valence-electron chi connectivity index (χ3n) is 5.49. The molecule has 3 rings (SSSR count). The van der Waals surface area contributed by atoms with Gasteiger partial charge in [-0.1, -0.05) is 24.3 Å². The molecule has 176 valence electrons. The number of nitrogens with two attached hydrogens (primary N) is 2. The molecule has 8 heteroatoms. The first-order valence-corrected chi connectivity index (χ1v) is 11.3. The Hall–Kier alpha value is -3.39. The first-order valence-electron chi connectivity index (χ1n) is 11.3. The van der Waals surface area contributed by atoms with E-state index in [0.29, 0.717) is 26.1 Å². The van der Waals surface area contributed by atoms with E-state index in [-0.39, 0.29) is 24.2 Å². The van der Waals surface area contributed by atoms with Gasteiger partial charge >= 0.3 is 0 Å². The molecule has 0 radical (unpaired) electrons. The Morgan fingerprint density at radius 1 is 1.09 bits per heavy atom. The second kappa shape index (κ2) is 12.0. The van der Waals surface area contributed by atoms with Crippen molar-refractivity contribution in [1.29, 1.82) is 0 Å². The van der Waals surface area contributed by atoms with Crippen molar-refractivity contribution in [3.05, 3.63) is 48.0 Å². The minimum absolute atomic E-state index is 0.177. The summed E-state index contributed by atoms with van der Waals surface area (Å²) >= 11 is 0. The van der Waals surface area contributed by atoms with Crippen molar-refractivity contribution < 1.29 is 19.1 Å². The monoisotopic (exact) mass is 452 g/mol. The Morgan fingerprint density at radius 3 is 2.58 bits per heavy atom. The van der Waals surface area contributed by atoms with E-state index in [1.54, 1.807) is 7.11 Å². The molecule has 0 spiro atoms. The van der Waals surface area contributed by atoms with Crippen LogP contribution in [-0.4, -0.2) is 44.6 Å². The lowest BCUT2D eigenvalue weighted by Crippen LogP contribution is -2.35. The fraction of sp³-hybridized carbons (Fsp3) is 0.400. The van der Waals surface area contributed by atoms with Gasteiger partial charge in [0.2, 0.25) is 11.8 Å². The summed E-state index contributed by atoms with van der Waals surface area (Å²) < 4.78 is 11.2. The zero-order valence-corrected chi connectivity index (χ0v) is 19.1. The Kier molecular flexibility index (Phi) is 8.83. The van der Waals surface area contributed by atoms with Crippen LogP contribution in [0.3, 0.4) is 0 Å². The zero-order valence-electron chi connectivity index (χ0n) is 19.1. The quantitative estimate of drug-likeness (QED) is 0.325. The molecule has 1 saturated heterocycles. The fourth-order valence-corrected chi connectivity index (χ4v) is 3.82. The summed E-state index contributed by atoms with van der Waals surface area (Å²) in [4.78, 5) is 29.5. The standard InChI is InChI=1S/C25H32N4O4/c1-32-15-4-16-33-22-17-18(7-13-23(30)28-25(26)27)6-12-21(22)19-8-10-20(11-9-19)29-14-3-2-5-24(29)31/h6,8-12,17H,2-5,7,13-16H2,1H3,(H4,26,27,28,30). The summed E-state index contributed by atoms with van der Waals surface area (Å²) in [5, 5.41) is 0. The number of piperidine rings is 1. The first-order chi connectivity index (χ1) is 16.0. The van der Waals surface area contributed by atoms with E-state index in [4.69, 9.17) is 20.9 Å². The molecule has 0 aromatic heterocycles. The highest BCUT2D eigenvalue weighted by atomic mass is 16.5. The number of guanidine groups is 1. The van der Waals surface area contributed by atoms with Crippen LogP contribution in [-0.2, 0) is 20.7 Å². The van der Waals surface area contributed by atoms with Gasteiger partial charge in [0, 0.05) is 50.8 Å². The topological polar surface area (TPSA) is 120 Å². The van der Waals surface area contributed by atoms with Crippen molar-refractivity contribution in [2.75, 3.05) is 31.8 Å². The molecule has 0 unspecified atom stereocenters. The third kappa shape index (κ3) is 7.05. The van der Waals surface area contributed by atoms with Crippen LogP contribution in [0.5, 0.6) is 5.75 Å². The van der Waals surface area contributed by atoms with Gasteiger partial charge in [0.05, 0.1) is 6.61 Å². The zero-order chi connectivity index (χ0) is 23.6. The number of carbonyl (C=O) groups is 2. The molecule has 4 N–H and O–H groups in total. The van der Waals surface area contributed by atoms with E-state index < -0.39 is 0 Å². The van der Waals surface area contributed by atoms with Crippen LogP contribution < -0.4 is 21.1 Å². The maximum atomic E-state index is 12.2. The number of ether oxygens (including phenoxy) is 2. The largest absolute Gasteiger partial charge is 0.493 e. The van der Waals surface area contributed by atoms with Gasteiger partial charge in [0.25, 0.3) is 0 Å². The highest BCUT2D eigenvalue weighted by Gasteiger charge is 2.19. The molecular formula is C25H32N4O4. The SMILES string of the molecule is COCCCOc1cc(CCC(=O)N=C(N)N)ccc1-c1ccc(N2CCCCC2=O)cc1. The molecule has 33 heavy (non-hydrogen) atoms. The van der Waals surface area contributed by atoms with Crippen LogP contribution in [0.4, 0.5) is 5.69 Å². The number of nitrogens with zero attached hydrogens (tertiary/aromatic N) is 2. The minimum Gasteiger partial charge on any atom is -0.493 e. The molecule has 0 atom stereocenters. The Morgan fingerprint density at radius 2 is 1.88 bits per heavy atom. The van der Waals surface area contributed by atoms with Crippen molar-refractivity contribution in [1.82, 2.24) is 0 Å². The number of aliphatic imine (C=N–C) groups is 1. The number of carbonyl (C=O) groups excluding carboxylic acids is 2. The van der Waals surface area contributed by atoms with E-state index in [2.05, 4.69) is 4.99 Å². The maximum absolute atomic E-state index is 12.2. The first kappa shape index (κ1) is 24.3. The molecule has 2 amide bonds. The second-order valence-corrected chi connectivity index (χ2v) is 8.01. The van der Waals surface area contributed by atoms with Crippen LogP contribution >= 0.6 is 0 Å². The molecule has 2 aromatic carbocycles. The number of methoxy groups -OCH3 is 1. The normalized spacial score (nSPS) is 13.6. The van der Waals surface area contributed by atoms with E-state index >= 15 is 0 Å². The van der Waals surface area contributed by atoms with Gasteiger partial charge in [-0.15, -0.1) is 0 Å². The minimum atomic E-state index is -0.357. The number of rotatable bonds is 10. The summed E-state index contributed by atoms with van der Waals surface area (Å²) in [6.45, 7) is 1.89. The molecule has 1 heterocycles. The lowest BCUT2D eigenvalue weighted by molar-refractivity contribution is -0.119. The van der Waals surface area contributed by atoms with Gasteiger partial charge < -0.3 is 25.8 Å². The molecule has 0 bridgehead atoms. The lowest BCUT2D eigenvalue weighted by atomic mass is 10.00. The Bertz CT molecular complexity index is 984. The number of benzene rings is 2. The van der Waals surface area contributed by atoms with Gasteiger partial charge in [-0.25, -0.2) is 0 Å². The summed E-state index contributed by atoms with van der Waals surface area (Å²) in [6.07, 6.45) is 4.06. The van der Waals surface area contributed by atoms with Crippen molar-refractivity contribution in [2.45, 2.75) is 38.5 Å². The molecular weight excluding hydrogens is 420 g/mol. The van der Waals surface area contributed by atoms with Crippen LogP contribution in [0.2, 0.25) is 0 Å². The van der Waals surface area contributed by atoms with E-state index in [1.807, 2.05) is 47.4 Å². The number of hydrogen-bond donors (Lipinski definition) is 2. The average Bonchev–Trinajstić information content (AvgIpc) is 2.81. The van der Waals surface area contributed by atoms with E-state index in [9.17, 15) is 9.59 Å². The Labute approximate surface area is 194 Å². The van der Waals surface area contributed by atoms with E-state index in [0.717, 1.165) is 53.9 Å².